The van der Waals surface area contributed by atoms with Gasteiger partial charge in [0.2, 0.25) is 5.91 Å². The summed E-state index contributed by atoms with van der Waals surface area (Å²) in [6, 6.07) is 3.77. The molecule has 2 aliphatic heterocycles. The Morgan fingerprint density at radius 3 is 2.56 bits per heavy atom. The van der Waals surface area contributed by atoms with E-state index in [4.69, 9.17) is 0 Å². The fourth-order valence-corrected chi connectivity index (χ4v) is 4.43. The van der Waals surface area contributed by atoms with Crippen LogP contribution < -0.4 is 5.32 Å². The standard InChI is InChI=1S/C19H29N3O2S/c23-18(20-9-5-12-21-10-2-1-3-11-21)16-7-13-22(14-8-16)19(24)17-6-4-15-25-17/h4,6,15-16H,1-3,5,7-14H2,(H,20,23). The fraction of sp³-hybridized carbons (Fsp3) is 0.684. The largest absolute Gasteiger partial charge is 0.356 e. The summed E-state index contributed by atoms with van der Waals surface area (Å²) in [7, 11) is 0. The van der Waals surface area contributed by atoms with Gasteiger partial charge in [-0.25, -0.2) is 0 Å². The molecular weight excluding hydrogens is 334 g/mol. The van der Waals surface area contributed by atoms with E-state index >= 15 is 0 Å². The van der Waals surface area contributed by atoms with Crippen LogP contribution in [-0.4, -0.2) is 60.9 Å². The minimum atomic E-state index is 0.0578. The first-order valence-electron chi connectivity index (χ1n) is 9.57. The van der Waals surface area contributed by atoms with Crippen LogP contribution in [0, 0.1) is 5.92 Å². The molecule has 0 unspecified atom stereocenters. The topological polar surface area (TPSA) is 52.7 Å². The predicted octanol–water partition coefficient (Wildman–Crippen LogP) is 2.59. The third-order valence-electron chi connectivity index (χ3n) is 5.28. The predicted molar refractivity (Wildman–Crippen MR) is 101 cm³/mol. The molecule has 0 spiro atoms. The number of piperidine rings is 2. The maximum Gasteiger partial charge on any atom is 0.263 e. The van der Waals surface area contributed by atoms with Gasteiger partial charge in [-0.05, 0) is 63.2 Å². The van der Waals surface area contributed by atoms with Crippen LogP contribution >= 0.6 is 11.3 Å². The van der Waals surface area contributed by atoms with E-state index in [1.807, 2.05) is 22.4 Å². The van der Waals surface area contributed by atoms with Gasteiger partial charge in [-0.15, -0.1) is 11.3 Å². The van der Waals surface area contributed by atoms with E-state index in [0.29, 0.717) is 13.1 Å². The minimum absolute atomic E-state index is 0.0578. The third-order valence-corrected chi connectivity index (χ3v) is 6.14. The van der Waals surface area contributed by atoms with E-state index in [2.05, 4.69) is 10.2 Å². The molecule has 0 atom stereocenters. The van der Waals surface area contributed by atoms with Crippen molar-refractivity contribution in [3.63, 3.8) is 0 Å². The Balaban J connectivity index is 1.32. The molecule has 0 aromatic carbocycles. The number of carbonyl (C=O) groups is 2. The smallest absolute Gasteiger partial charge is 0.263 e. The molecule has 0 radical (unpaired) electrons. The zero-order chi connectivity index (χ0) is 17.5. The highest BCUT2D eigenvalue weighted by Crippen LogP contribution is 2.21. The molecule has 0 saturated carbocycles. The van der Waals surface area contributed by atoms with Gasteiger partial charge in [0.05, 0.1) is 4.88 Å². The molecule has 0 bridgehead atoms. The Morgan fingerprint density at radius 2 is 1.88 bits per heavy atom. The Bertz CT molecular complexity index is 547. The summed E-state index contributed by atoms with van der Waals surface area (Å²) >= 11 is 1.48. The highest BCUT2D eigenvalue weighted by atomic mass is 32.1. The molecule has 5 nitrogen and oxygen atoms in total. The maximum atomic E-state index is 12.3. The van der Waals surface area contributed by atoms with Crippen molar-refractivity contribution in [2.24, 2.45) is 5.92 Å². The van der Waals surface area contributed by atoms with Crippen LogP contribution in [0.15, 0.2) is 17.5 Å². The quantitative estimate of drug-likeness (QED) is 0.791. The molecule has 2 aliphatic rings. The summed E-state index contributed by atoms with van der Waals surface area (Å²) in [5.41, 5.74) is 0. The van der Waals surface area contributed by atoms with E-state index in [-0.39, 0.29) is 17.7 Å². The van der Waals surface area contributed by atoms with Crippen molar-refractivity contribution in [2.75, 3.05) is 39.3 Å². The number of nitrogens with one attached hydrogen (secondary N) is 1. The zero-order valence-electron chi connectivity index (χ0n) is 14.9. The normalized spacial score (nSPS) is 19.8. The van der Waals surface area contributed by atoms with Gasteiger partial charge in [0.15, 0.2) is 0 Å². The third kappa shape index (κ3) is 5.28. The molecule has 2 fully saturated rings. The highest BCUT2D eigenvalue weighted by molar-refractivity contribution is 7.12. The second-order valence-corrected chi connectivity index (χ2v) is 8.04. The molecule has 1 aromatic heterocycles. The summed E-state index contributed by atoms with van der Waals surface area (Å²) in [6.07, 6.45) is 6.57. The average Bonchev–Trinajstić information content (AvgIpc) is 3.20. The number of nitrogens with zero attached hydrogens (tertiary/aromatic N) is 2. The Labute approximate surface area is 154 Å². The van der Waals surface area contributed by atoms with E-state index in [9.17, 15) is 9.59 Å². The number of hydrogen-bond acceptors (Lipinski definition) is 4. The van der Waals surface area contributed by atoms with Crippen molar-refractivity contribution in [2.45, 2.75) is 38.5 Å². The molecular formula is C19H29N3O2S. The van der Waals surface area contributed by atoms with E-state index in [1.54, 1.807) is 0 Å². The molecule has 2 saturated heterocycles. The number of amides is 2. The van der Waals surface area contributed by atoms with Crippen molar-refractivity contribution in [1.29, 1.82) is 0 Å². The lowest BCUT2D eigenvalue weighted by atomic mass is 9.95. The molecule has 1 N–H and O–H groups in total. The van der Waals surface area contributed by atoms with E-state index in [1.165, 1.54) is 43.7 Å². The lowest BCUT2D eigenvalue weighted by Crippen LogP contribution is -2.43. The summed E-state index contributed by atoms with van der Waals surface area (Å²) in [5, 5.41) is 5.02. The van der Waals surface area contributed by atoms with Crippen LogP contribution in [0.25, 0.3) is 0 Å². The van der Waals surface area contributed by atoms with Gasteiger partial charge in [-0.2, -0.15) is 0 Å². The number of hydrogen-bond donors (Lipinski definition) is 1. The maximum absolute atomic E-state index is 12.3. The van der Waals surface area contributed by atoms with Gasteiger partial charge in [0.25, 0.3) is 5.91 Å². The monoisotopic (exact) mass is 363 g/mol. The molecule has 2 amide bonds. The van der Waals surface area contributed by atoms with Crippen molar-refractivity contribution in [3.05, 3.63) is 22.4 Å². The average molecular weight is 364 g/mol. The van der Waals surface area contributed by atoms with Gasteiger partial charge in [0, 0.05) is 25.6 Å². The van der Waals surface area contributed by atoms with Gasteiger partial charge in [0.1, 0.15) is 0 Å². The summed E-state index contributed by atoms with van der Waals surface area (Å²) in [5.74, 6) is 0.333. The minimum Gasteiger partial charge on any atom is -0.356 e. The van der Waals surface area contributed by atoms with Crippen molar-refractivity contribution < 1.29 is 9.59 Å². The van der Waals surface area contributed by atoms with Crippen LogP contribution in [-0.2, 0) is 4.79 Å². The Kier molecular flexibility index (Phi) is 6.87. The molecule has 138 valence electrons. The fourth-order valence-electron chi connectivity index (χ4n) is 3.74. The van der Waals surface area contributed by atoms with E-state index < -0.39 is 0 Å². The lowest BCUT2D eigenvalue weighted by molar-refractivity contribution is -0.126. The number of likely N-dealkylation sites (tertiary alicyclic amines) is 2. The highest BCUT2D eigenvalue weighted by Gasteiger charge is 2.27. The lowest BCUT2D eigenvalue weighted by Gasteiger charge is -2.31. The van der Waals surface area contributed by atoms with Crippen LogP contribution in [0.1, 0.15) is 48.2 Å². The van der Waals surface area contributed by atoms with Crippen molar-refractivity contribution >= 4 is 23.2 Å². The number of rotatable bonds is 6. The first-order chi connectivity index (χ1) is 12.2. The van der Waals surface area contributed by atoms with Gasteiger partial charge in [-0.1, -0.05) is 12.5 Å². The Hall–Kier alpha value is -1.40. The molecule has 3 heterocycles. The van der Waals surface area contributed by atoms with E-state index in [0.717, 1.165) is 37.2 Å². The van der Waals surface area contributed by atoms with Crippen molar-refractivity contribution in [1.82, 2.24) is 15.1 Å². The molecule has 25 heavy (non-hydrogen) atoms. The first kappa shape index (κ1) is 18.4. The zero-order valence-corrected chi connectivity index (χ0v) is 15.7. The summed E-state index contributed by atoms with van der Waals surface area (Å²) < 4.78 is 0. The number of carbonyl (C=O) groups excluding carboxylic acids is 2. The van der Waals surface area contributed by atoms with Crippen LogP contribution in [0.5, 0.6) is 0 Å². The summed E-state index contributed by atoms with van der Waals surface area (Å²) in [6.45, 7) is 5.65. The Morgan fingerprint density at radius 1 is 1.12 bits per heavy atom. The second kappa shape index (κ2) is 9.34. The number of thiophene rings is 1. The van der Waals surface area contributed by atoms with Crippen molar-refractivity contribution in [3.8, 4) is 0 Å². The molecule has 3 rings (SSSR count). The van der Waals surface area contributed by atoms with Crippen LogP contribution in [0.3, 0.4) is 0 Å². The molecule has 0 aliphatic carbocycles. The molecule has 1 aromatic rings. The molecule has 6 heteroatoms. The SMILES string of the molecule is O=C(NCCCN1CCCCC1)C1CCN(C(=O)c2cccs2)CC1. The van der Waals surface area contributed by atoms with Gasteiger partial charge >= 0.3 is 0 Å². The van der Waals surface area contributed by atoms with Gasteiger partial charge in [-0.3, -0.25) is 9.59 Å². The van der Waals surface area contributed by atoms with Crippen LogP contribution in [0.4, 0.5) is 0 Å². The first-order valence-corrected chi connectivity index (χ1v) is 10.4. The van der Waals surface area contributed by atoms with Crippen LogP contribution in [0.2, 0.25) is 0 Å². The van der Waals surface area contributed by atoms with Gasteiger partial charge < -0.3 is 15.1 Å². The summed E-state index contributed by atoms with van der Waals surface area (Å²) in [4.78, 5) is 29.8. The second-order valence-electron chi connectivity index (χ2n) is 7.09.